The Bertz CT molecular complexity index is 453. The van der Waals surface area contributed by atoms with Crippen molar-refractivity contribution in [3.63, 3.8) is 0 Å². The molecule has 0 nitrogen and oxygen atoms in total. The van der Waals surface area contributed by atoms with Crippen molar-refractivity contribution in [3.05, 3.63) is 0 Å². The number of hydrogen-bond acceptors (Lipinski definition) is 0. The molecule has 0 aromatic heterocycles. The van der Waals surface area contributed by atoms with Crippen molar-refractivity contribution >= 4 is 0 Å². The Balaban J connectivity index is 0. The maximum atomic E-state index is 2.19. The van der Waals surface area contributed by atoms with Crippen molar-refractivity contribution in [2.75, 3.05) is 0 Å². The summed E-state index contributed by atoms with van der Waals surface area (Å²) in [7, 11) is 0. The lowest BCUT2D eigenvalue weighted by Crippen LogP contribution is -2.22. The topological polar surface area (TPSA) is 0 Å². The van der Waals surface area contributed by atoms with Gasteiger partial charge in [0.05, 0.1) is 0 Å². The summed E-state index contributed by atoms with van der Waals surface area (Å²) in [5.41, 5.74) is 0.500. The molecular weight excluding hydrogens is 504 g/mol. The molecule has 42 heavy (non-hydrogen) atoms. The average Bonchev–Trinajstić information content (AvgIpc) is 3.60. The van der Waals surface area contributed by atoms with Crippen LogP contribution in [-0.2, 0) is 0 Å². The van der Waals surface area contributed by atoms with Crippen LogP contribution in [0.1, 0.15) is 219 Å². The van der Waals surface area contributed by atoms with E-state index in [9.17, 15) is 0 Å². The molecule has 0 aliphatic heterocycles. The molecule has 0 saturated heterocycles. The van der Waals surface area contributed by atoms with Crippen LogP contribution in [0.25, 0.3) is 0 Å². The Kier molecular flexibility index (Phi) is 28.7. The fourth-order valence-electron chi connectivity index (χ4n) is 9.15. The summed E-state index contributed by atoms with van der Waals surface area (Å²) >= 11 is 0. The molecule has 0 spiro atoms. The average molecular weight is 593 g/mol. The van der Waals surface area contributed by atoms with Gasteiger partial charge in [0.1, 0.15) is 0 Å². The van der Waals surface area contributed by atoms with Crippen LogP contribution in [0.2, 0.25) is 0 Å². The third-order valence-corrected chi connectivity index (χ3v) is 10.2. The molecule has 0 bridgehead atoms. The van der Waals surface area contributed by atoms with Crippen molar-refractivity contribution in [2.45, 2.75) is 219 Å². The van der Waals surface area contributed by atoms with Gasteiger partial charge in [-0.05, 0) is 91.3 Å². The van der Waals surface area contributed by atoms with Crippen LogP contribution in [0.4, 0.5) is 0 Å². The van der Waals surface area contributed by atoms with E-state index >= 15 is 0 Å². The van der Waals surface area contributed by atoms with Crippen LogP contribution in [0.3, 0.4) is 0 Å². The Morgan fingerprint density at radius 1 is 0.357 bits per heavy atom. The quantitative estimate of drug-likeness (QED) is 0.262. The fraction of sp³-hybridized carbons (Fsp3) is 1.00. The van der Waals surface area contributed by atoms with E-state index in [1.165, 1.54) is 53.8 Å². The summed E-state index contributed by atoms with van der Waals surface area (Å²) in [6.45, 7) is 29.0. The van der Waals surface area contributed by atoms with Crippen molar-refractivity contribution in [1.82, 2.24) is 0 Å². The first-order valence-corrected chi connectivity index (χ1v) is 20.3. The third kappa shape index (κ3) is 16.9. The van der Waals surface area contributed by atoms with Crippen LogP contribution in [-0.4, -0.2) is 0 Å². The van der Waals surface area contributed by atoms with Gasteiger partial charge in [-0.2, -0.15) is 0 Å². The molecule has 0 aromatic rings. The zero-order chi connectivity index (χ0) is 32.6. The van der Waals surface area contributed by atoms with E-state index in [-0.39, 0.29) is 0 Å². The standard InChI is InChI=1S/2C13H22.C5H12.C3H8.4C2H6/c2*1-3-7-12-10(5-1)9-11-6-2-4-8-13(11)12;1-5(2,3)4;1-3-2;4*1-2/h2*10-13H,1-9H2;1-4H3;3H2,1-2H3;4*1-2H3. The number of fused-ring (bicyclic) bond motifs is 6. The summed E-state index contributed by atoms with van der Waals surface area (Å²) in [6.07, 6.45) is 29.5. The molecular formula is C42H88. The molecule has 6 saturated carbocycles. The van der Waals surface area contributed by atoms with Gasteiger partial charge in [0, 0.05) is 0 Å². The van der Waals surface area contributed by atoms with Crippen molar-refractivity contribution in [1.29, 1.82) is 0 Å². The molecule has 6 rings (SSSR count). The van der Waals surface area contributed by atoms with Crippen LogP contribution < -0.4 is 0 Å². The molecule has 0 radical (unpaired) electrons. The summed E-state index contributed by atoms with van der Waals surface area (Å²) < 4.78 is 0. The lowest BCUT2D eigenvalue weighted by atomic mass is 9.73. The predicted octanol–water partition coefficient (Wildman–Crippen LogP) is 15.6. The van der Waals surface area contributed by atoms with Gasteiger partial charge in [-0.1, -0.05) is 180 Å². The first-order valence-electron chi connectivity index (χ1n) is 20.3. The second-order valence-electron chi connectivity index (χ2n) is 15.0. The Labute approximate surface area is 271 Å². The minimum absolute atomic E-state index is 0.500. The van der Waals surface area contributed by atoms with Gasteiger partial charge in [-0.15, -0.1) is 0 Å². The molecule has 0 heterocycles. The maximum absolute atomic E-state index is 2.19. The van der Waals surface area contributed by atoms with E-state index in [0.717, 1.165) is 0 Å². The fourth-order valence-corrected chi connectivity index (χ4v) is 9.15. The highest BCUT2D eigenvalue weighted by atomic mass is 14.5. The largest absolute Gasteiger partial charge is 0.0683 e. The summed E-state index contributed by atoms with van der Waals surface area (Å²) in [4.78, 5) is 0. The maximum Gasteiger partial charge on any atom is -0.0355 e. The molecule has 8 unspecified atom stereocenters. The predicted molar refractivity (Wildman–Crippen MR) is 198 cm³/mol. The van der Waals surface area contributed by atoms with E-state index in [1.54, 1.807) is 116 Å². The molecule has 0 heteroatoms. The molecule has 8 atom stereocenters. The molecule has 6 fully saturated rings. The second-order valence-corrected chi connectivity index (χ2v) is 15.0. The van der Waals surface area contributed by atoms with Gasteiger partial charge < -0.3 is 0 Å². The Hall–Kier alpha value is 0. The third-order valence-electron chi connectivity index (χ3n) is 10.2. The molecule has 0 N–H and O–H groups in total. The van der Waals surface area contributed by atoms with Crippen molar-refractivity contribution in [2.24, 2.45) is 52.8 Å². The van der Waals surface area contributed by atoms with E-state index in [0.29, 0.717) is 5.41 Å². The minimum Gasteiger partial charge on any atom is -0.0683 e. The molecule has 256 valence electrons. The highest BCUT2D eigenvalue weighted by Crippen LogP contribution is 2.55. The molecule has 6 aliphatic rings. The minimum atomic E-state index is 0.500. The van der Waals surface area contributed by atoms with Gasteiger partial charge in [-0.25, -0.2) is 0 Å². The van der Waals surface area contributed by atoms with Crippen molar-refractivity contribution < 1.29 is 0 Å². The van der Waals surface area contributed by atoms with Gasteiger partial charge in [-0.3, -0.25) is 0 Å². The lowest BCUT2D eigenvalue weighted by molar-refractivity contribution is 0.184. The van der Waals surface area contributed by atoms with E-state index in [2.05, 4.69) is 41.5 Å². The summed E-state index contributed by atoms with van der Waals surface area (Å²) in [6, 6.07) is 0. The molecule has 0 aromatic carbocycles. The summed E-state index contributed by atoms with van der Waals surface area (Å²) in [5.74, 6) is 9.39. The van der Waals surface area contributed by atoms with Crippen LogP contribution in [0.15, 0.2) is 0 Å². The number of hydrogen-bond donors (Lipinski definition) is 0. The number of rotatable bonds is 0. The smallest absolute Gasteiger partial charge is 0.0355 e. The Morgan fingerprint density at radius 2 is 0.500 bits per heavy atom. The van der Waals surface area contributed by atoms with E-state index < -0.39 is 0 Å². The highest BCUT2D eigenvalue weighted by Gasteiger charge is 2.45. The monoisotopic (exact) mass is 593 g/mol. The van der Waals surface area contributed by atoms with Gasteiger partial charge >= 0.3 is 0 Å². The lowest BCUT2D eigenvalue weighted by Gasteiger charge is -2.32. The van der Waals surface area contributed by atoms with Crippen molar-refractivity contribution in [3.8, 4) is 0 Å². The van der Waals surface area contributed by atoms with Gasteiger partial charge in [0.25, 0.3) is 0 Å². The summed E-state index contributed by atoms with van der Waals surface area (Å²) in [5, 5.41) is 0. The van der Waals surface area contributed by atoms with Crippen LogP contribution in [0, 0.1) is 52.8 Å². The van der Waals surface area contributed by atoms with E-state index in [1.807, 2.05) is 55.4 Å². The van der Waals surface area contributed by atoms with Crippen LogP contribution in [0.5, 0.6) is 0 Å². The van der Waals surface area contributed by atoms with Gasteiger partial charge in [0.2, 0.25) is 0 Å². The normalized spacial score (nSPS) is 33.3. The van der Waals surface area contributed by atoms with Gasteiger partial charge in [0.15, 0.2) is 0 Å². The second kappa shape index (κ2) is 27.3. The molecule has 6 aliphatic carbocycles. The SMILES string of the molecule is C1CCC2C(C1)CC1CCCCC12.C1CCC2C(C1)CC1CCCCC12.CC.CC.CC.CC.CC(C)(C)C.CCC. The zero-order valence-corrected chi connectivity index (χ0v) is 32.6. The molecule has 0 amide bonds. The first kappa shape index (κ1) is 44.1. The Morgan fingerprint density at radius 3 is 0.667 bits per heavy atom. The van der Waals surface area contributed by atoms with E-state index in [4.69, 9.17) is 0 Å². The zero-order valence-electron chi connectivity index (χ0n) is 32.6. The van der Waals surface area contributed by atoms with Crippen LogP contribution >= 0.6 is 0 Å². The first-order chi connectivity index (χ1) is 20.3. The highest BCUT2D eigenvalue weighted by molar-refractivity contribution is 4.95.